The number of methoxy groups -OCH3 is 1. The van der Waals surface area contributed by atoms with E-state index in [9.17, 15) is 24.5 Å². The summed E-state index contributed by atoms with van der Waals surface area (Å²) in [6, 6.07) is 9.04. The first-order valence-corrected chi connectivity index (χ1v) is 9.11. The summed E-state index contributed by atoms with van der Waals surface area (Å²) < 4.78 is 4.90. The van der Waals surface area contributed by atoms with E-state index in [0.717, 1.165) is 17.3 Å². The molecule has 1 aliphatic heterocycles. The lowest BCUT2D eigenvalue weighted by Crippen LogP contribution is -2.32. The van der Waals surface area contributed by atoms with Crippen LogP contribution in [0.15, 0.2) is 36.4 Å². The van der Waals surface area contributed by atoms with Crippen molar-refractivity contribution in [2.75, 3.05) is 30.4 Å². The van der Waals surface area contributed by atoms with Crippen LogP contribution in [0.3, 0.4) is 0 Å². The van der Waals surface area contributed by atoms with E-state index < -0.39 is 16.7 Å². The molecule has 156 valence electrons. The number of amides is 3. The Labute approximate surface area is 172 Å². The van der Waals surface area contributed by atoms with Crippen molar-refractivity contribution in [3.63, 3.8) is 0 Å². The number of nitro benzene ring substituents is 1. The largest absolute Gasteiger partial charge is 0.490 e. The Bertz CT molecular complexity index is 1040. The number of benzene rings is 2. The van der Waals surface area contributed by atoms with Crippen molar-refractivity contribution < 1.29 is 24.0 Å². The summed E-state index contributed by atoms with van der Waals surface area (Å²) in [5.74, 6) is -1.07. The maximum absolute atomic E-state index is 12.2. The predicted octanol–water partition coefficient (Wildman–Crippen LogP) is 1.88. The van der Waals surface area contributed by atoms with Crippen LogP contribution < -0.4 is 20.3 Å². The topological polar surface area (TPSA) is 131 Å². The van der Waals surface area contributed by atoms with Crippen LogP contribution in [0.4, 0.5) is 17.1 Å². The highest BCUT2D eigenvalue weighted by molar-refractivity contribution is 6.00. The van der Waals surface area contributed by atoms with E-state index >= 15 is 0 Å². The molecule has 10 heteroatoms. The molecule has 0 bridgehead atoms. The molecule has 3 amide bonds. The Morgan fingerprint density at radius 1 is 1.20 bits per heavy atom. The SMILES string of the molecule is COc1ccc(C(=O)NCC(=O)Nc2ccc3c(c2)CCN3C(C)=O)cc1[N+](=O)[O-]. The molecule has 0 atom stereocenters. The van der Waals surface area contributed by atoms with Crippen LogP contribution in [-0.4, -0.2) is 42.8 Å². The van der Waals surface area contributed by atoms with Gasteiger partial charge in [0.2, 0.25) is 11.8 Å². The molecule has 1 aliphatic rings. The molecule has 0 saturated carbocycles. The zero-order valence-electron chi connectivity index (χ0n) is 16.4. The standard InChI is InChI=1S/C20H20N4O6/c1-12(25)23-8-7-13-9-15(4-5-16(13)23)22-19(26)11-21-20(27)14-3-6-18(30-2)17(10-14)24(28)29/h3-6,9-10H,7-8,11H2,1-2H3,(H,21,27)(H,22,26). The number of anilines is 2. The van der Waals surface area contributed by atoms with Crippen molar-refractivity contribution in [2.24, 2.45) is 0 Å². The highest BCUT2D eigenvalue weighted by Gasteiger charge is 2.22. The molecule has 3 rings (SSSR count). The van der Waals surface area contributed by atoms with E-state index in [1.165, 1.54) is 26.2 Å². The van der Waals surface area contributed by atoms with Gasteiger partial charge in [-0.3, -0.25) is 24.5 Å². The highest BCUT2D eigenvalue weighted by atomic mass is 16.6. The highest BCUT2D eigenvalue weighted by Crippen LogP contribution is 2.30. The molecule has 1 heterocycles. The lowest BCUT2D eigenvalue weighted by Gasteiger charge is -2.15. The lowest BCUT2D eigenvalue weighted by atomic mass is 10.1. The van der Waals surface area contributed by atoms with Crippen LogP contribution in [0.25, 0.3) is 0 Å². The molecule has 0 unspecified atom stereocenters. The van der Waals surface area contributed by atoms with Crippen molar-refractivity contribution in [3.05, 3.63) is 57.6 Å². The van der Waals surface area contributed by atoms with Gasteiger partial charge in [-0.2, -0.15) is 0 Å². The first kappa shape index (κ1) is 20.8. The number of carbonyl (C=O) groups excluding carboxylic acids is 3. The summed E-state index contributed by atoms with van der Waals surface area (Å²) in [6.07, 6.45) is 0.700. The third-order valence-electron chi connectivity index (χ3n) is 4.69. The second-order valence-corrected chi connectivity index (χ2v) is 6.64. The first-order valence-electron chi connectivity index (χ1n) is 9.11. The van der Waals surface area contributed by atoms with Crippen molar-refractivity contribution >= 4 is 34.8 Å². The second-order valence-electron chi connectivity index (χ2n) is 6.64. The summed E-state index contributed by atoms with van der Waals surface area (Å²) >= 11 is 0. The third-order valence-corrected chi connectivity index (χ3v) is 4.69. The van der Waals surface area contributed by atoms with Gasteiger partial charge in [-0.15, -0.1) is 0 Å². The van der Waals surface area contributed by atoms with E-state index in [1.807, 2.05) is 0 Å². The van der Waals surface area contributed by atoms with Crippen LogP contribution in [-0.2, 0) is 16.0 Å². The second kappa shape index (κ2) is 8.60. The third kappa shape index (κ3) is 4.37. The normalized spacial score (nSPS) is 12.1. The van der Waals surface area contributed by atoms with Gasteiger partial charge in [0.25, 0.3) is 5.91 Å². The molecule has 0 aromatic heterocycles. The Kier molecular flexibility index (Phi) is 5.95. The number of nitrogens with zero attached hydrogens (tertiary/aromatic N) is 2. The van der Waals surface area contributed by atoms with Gasteiger partial charge in [0, 0.05) is 36.5 Å². The van der Waals surface area contributed by atoms with Gasteiger partial charge in [-0.25, -0.2) is 0 Å². The van der Waals surface area contributed by atoms with E-state index in [-0.39, 0.29) is 29.5 Å². The number of nitro groups is 1. The number of rotatable bonds is 6. The number of hydrogen-bond acceptors (Lipinski definition) is 6. The average Bonchev–Trinajstić information content (AvgIpc) is 3.15. The van der Waals surface area contributed by atoms with E-state index in [2.05, 4.69) is 10.6 Å². The average molecular weight is 412 g/mol. The predicted molar refractivity (Wildman–Crippen MR) is 109 cm³/mol. The molecule has 0 radical (unpaired) electrons. The number of fused-ring (bicyclic) bond motifs is 1. The Hall–Kier alpha value is -3.95. The smallest absolute Gasteiger partial charge is 0.311 e. The first-order chi connectivity index (χ1) is 14.3. The molecule has 0 saturated heterocycles. The van der Waals surface area contributed by atoms with Gasteiger partial charge in [0.1, 0.15) is 0 Å². The minimum Gasteiger partial charge on any atom is -0.490 e. The fourth-order valence-electron chi connectivity index (χ4n) is 3.25. The van der Waals surface area contributed by atoms with Gasteiger partial charge >= 0.3 is 5.69 Å². The Morgan fingerprint density at radius 2 is 1.97 bits per heavy atom. The zero-order chi connectivity index (χ0) is 21.8. The van der Waals surface area contributed by atoms with Gasteiger partial charge in [0.05, 0.1) is 18.6 Å². The van der Waals surface area contributed by atoms with Crippen molar-refractivity contribution in [1.29, 1.82) is 0 Å². The van der Waals surface area contributed by atoms with E-state index in [4.69, 9.17) is 4.74 Å². The molecule has 2 aromatic carbocycles. The molecular weight excluding hydrogens is 392 g/mol. The quantitative estimate of drug-likeness (QED) is 0.550. The monoisotopic (exact) mass is 412 g/mol. The lowest BCUT2D eigenvalue weighted by molar-refractivity contribution is -0.385. The molecule has 30 heavy (non-hydrogen) atoms. The molecule has 0 aliphatic carbocycles. The number of nitrogens with one attached hydrogen (secondary N) is 2. The van der Waals surface area contributed by atoms with Crippen LogP contribution in [0, 0.1) is 10.1 Å². The van der Waals surface area contributed by atoms with Gasteiger partial charge in [-0.1, -0.05) is 0 Å². The summed E-state index contributed by atoms with van der Waals surface area (Å²) in [7, 11) is 1.29. The van der Waals surface area contributed by atoms with E-state index in [1.54, 1.807) is 23.1 Å². The zero-order valence-corrected chi connectivity index (χ0v) is 16.4. The Morgan fingerprint density at radius 3 is 2.63 bits per heavy atom. The maximum Gasteiger partial charge on any atom is 0.311 e. The maximum atomic E-state index is 12.2. The molecule has 0 spiro atoms. The van der Waals surface area contributed by atoms with Crippen molar-refractivity contribution in [1.82, 2.24) is 5.32 Å². The summed E-state index contributed by atoms with van der Waals surface area (Å²) in [5.41, 5.74) is 2.04. The van der Waals surface area contributed by atoms with Gasteiger partial charge < -0.3 is 20.3 Å². The molecular formula is C20H20N4O6. The number of hydrogen-bond donors (Lipinski definition) is 2. The van der Waals surface area contributed by atoms with Crippen molar-refractivity contribution in [3.8, 4) is 5.75 Å². The molecule has 0 fully saturated rings. The molecule has 2 N–H and O–H groups in total. The van der Waals surface area contributed by atoms with Crippen LogP contribution in [0.2, 0.25) is 0 Å². The van der Waals surface area contributed by atoms with Gasteiger partial charge in [0.15, 0.2) is 5.75 Å². The summed E-state index contributed by atoms with van der Waals surface area (Å²) in [6.45, 7) is 1.80. The number of carbonyl (C=O) groups is 3. The minimum atomic E-state index is -0.649. The Balaban J connectivity index is 1.60. The van der Waals surface area contributed by atoms with Crippen molar-refractivity contribution in [2.45, 2.75) is 13.3 Å². The minimum absolute atomic E-state index is 0.0352. The fraction of sp³-hybridized carbons (Fsp3) is 0.250. The summed E-state index contributed by atoms with van der Waals surface area (Å²) in [4.78, 5) is 48.1. The molecule has 2 aromatic rings. The van der Waals surface area contributed by atoms with E-state index in [0.29, 0.717) is 18.7 Å². The van der Waals surface area contributed by atoms with Crippen LogP contribution in [0.1, 0.15) is 22.8 Å². The molecule has 10 nitrogen and oxygen atoms in total. The van der Waals surface area contributed by atoms with Crippen LogP contribution >= 0.6 is 0 Å². The van der Waals surface area contributed by atoms with Gasteiger partial charge in [-0.05, 0) is 42.3 Å². The van der Waals surface area contributed by atoms with Crippen LogP contribution in [0.5, 0.6) is 5.75 Å². The fourth-order valence-corrected chi connectivity index (χ4v) is 3.25. The number of ether oxygens (including phenoxy) is 1. The summed E-state index contributed by atoms with van der Waals surface area (Å²) in [5, 5.41) is 16.2.